The minimum Gasteiger partial charge on any atom is -0.491 e. The maximum Gasteiger partial charge on any atom is 0.191 e. The van der Waals surface area contributed by atoms with E-state index < -0.39 is 0 Å². The quantitative estimate of drug-likeness (QED) is 0.438. The molecular weight excluding hydrogens is 266 g/mol. The molecule has 1 aromatic rings. The van der Waals surface area contributed by atoms with Crippen molar-refractivity contribution < 1.29 is 9.47 Å². The molecule has 0 radical (unpaired) electrons. The molecule has 21 heavy (non-hydrogen) atoms. The van der Waals surface area contributed by atoms with Crippen LogP contribution in [0.5, 0.6) is 5.75 Å². The number of guanidine groups is 1. The molecule has 0 fully saturated rings. The van der Waals surface area contributed by atoms with Gasteiger partial charge in [-0.1, -0.05) is 12.1 Å². The van der Waals surface area contributed by atoms with E-state index in [1.165, 1.54) is 0 Å². The summed E-state index contributed by atoms with van der Waals surface area (Å²) in [5, 5.41) is 6.53. The van der Waals surface area contributed by atoms with E-state index in [0.717, 1.165) is 23.8 Å². The first-order valence-electron chi connectivity index (χ1n) is 7.41. The van der Waals surface area contributed by atoms with E-state index in [2.05, 4.69) is 36.4 Å². The van der Waals surface area contributed by atoms with Gasteiger partial charge in [0, 0.05) is 19.7 Å². The van der Waals surface area contributed by atoms with Crippen LogP contribution < -0.4 is 15.4 Å². The van der Waals surface area contributed by atoms with Gasteiger partial charge in [-0.3, -0.25) is 0 Å². The molecule has 5 heteroatoms. The van der Waals surface area contributed by atoms with Crippen molar-refractivity contribution in [2.24, 2.45) is 4.99 Å². The largest absolute Gasteiger partial charge is 0.491 e. The normalized spacial score (nSPS) is 11.6. The first kappa shape index (κ1) is 17.3. The lowest BCUT2D eigenvalue weighted by Crippen LogP contribution is -2.40. The summed E-state index contributed by atoms with van der Waals surface area (Å²) in [5.74, 6) is 1.68. The second-order valence-corrected chi connectivity index (χ2v) is 4.98. The van der Waals surface area contributed by atoms with Gasteiger partial charge in [-0.25, -0.2) is 4.99 Å². The van der Waals surface area contributed by atoms with Crippen molar-refractivity contribution in [3.63, 3.8) is 0 Å². The summed E-state index contributed by atoms with van der Waals surface area (Å²) in [5.41, 5.74) is 1.12. The highest BCUT2D eigenvalue weighted by molar-refractivity contribution is 5.79. The molecular formula is C16H27N3O2. The zero-order chi connectivity index (χ0) is 15.5. The third-order valence-corrected chi connectivity index (χ3v) is 2.64. The van der Waals surface area contributed by atoms with Crippen LogP contribution in [0.4, 0.5) is 0 Å². The highest BCUT2D eigenvalue weighted by atomic mass is 16.5. The molecule has 118 valence electrons. The van der Waals surface area contributed by atoms with Crippen LogP contribution in [0.3, 0.4) is 0 Å². The van der Waals surface area contributed by atoms with Crippen molar-refractivity contribution in [1.82, 2.24) is 10.6 Å². The highest BCUT2D eigenvalue weighted by Gasteiger charge is 2.01. The predicted molar refractivity (Wildman–Crippen MR) is 86.9 cm³/mol. The lowest BCUT2D eigenvalue weighted by atomic mass is 10.2. The van der Waals surface area contributed by atoms with Gasteiger partial charge in [0.1, 0.15) is 12.4 Å². The van der Waals surface area contributed by atoms with Crippen LogP contribution in [0, 0.1) is 0 Å². The van der Waals surface area contributed by atoms with Crippen LogP contribution in [0.1, 0.15) is 26.3 Å². The van der Waals surface area contributed by atoms with E-state index in [1.54, 1.807) is 7.11 Å². The van der Waals surface area contributed by atoms with Crippen LogP contribution in [0.2, 0.25) is 0 Å². The topological polar surface area (TPSA) is 54.9 Å². The number of nitrogens with zero attached hydrogens (tertiary/aromatic N) is 1. The van der Waals surface area contributed by atoms with Gasteiger partial charge in [-0.05, 0) is 38.5 Å². The van der Waals surface area contributed by atoms with Crippen LogP contribution in [0.25, 0.3) is 0 Å². The number of benzene rings is 1. The number of aliphatic imine (C=N–C) groups is 1. The number of rotatable bonds is 8. The van der Waals surface area contributed by atoms with Crippen molar-refractivity contribution in [2.75, 3.05) is 26.9 Å². The summed E-state index contributed by atoms with van der Waals surface area (Å²) in [7, 11) is 1.67. The maximum atomic E-state index is 5.60. The Bertz CT molecular complexity index is 433. The Morgan fingerprint density at radius 1 is 1.29 bits per heavy atom. The molecule has 0 amide bonds. The van der Waals surface area contributed by atoms with Crippen molar-refractivity contribution in [3.8, 4) is 5.75 Å². The highest BCUT2D eigenvalue weighted by Crippen LogP contribution is 2.14. The van der Waals surface area contributed by atoms with E-state index >= 15 is 0 Å². The van der Waals surface area contributed by atoms with E-state index in [9.17, 15) is 0 Å². The smallest absolute Gasteiger partial charge is 0.191 e. The molecule has 5 nitrogen and oxygen atoms in total. The molecule has 0 saturated carbocycles. The molecule has 0 aliphatic carbocycles. The number of nitrogens with one attached hydrogen (secondary N) is 2. The lowest BCUT2D eigenvalue weighted by Gasteiger charge is -2.14. The second kappa shape index (κ2) is 10.0. The van der Waals surface area contributed by atoms with Crippen LogP contribution >= 0.6 is 0 Å². The molecule has 0 atom stereocenters. The first-order chi connectivity index (χ1) is 10.2. The van der Waals surface area contributed by atoms with Crippen molar-refractivity contribution in [1.29, 1.82) is 0 Å². The molecule has 1 aromatic carbocycles. The van der Waals surface area contributed by atoms with Gasteiger partial charge in [0.25, 0.3) is 0 Å². The Labute approximate surface area is 127 Å². The van der Waals surface area contributed by atoms with Gasteiger partial charge < -0.3 is 20.1 Å². The van der Waals surface area contributed by atoms with Crippen molar-refractivity contribution in [2.45, 2.75) is 33.4 Å². The minimum absolute atomic E-state index is 0.353. The van der Waals surface area contributed by atoms with Crippen LogP contribution in [0.15, 0.2) is 29.3 Å². The zero-order valence-corrected chi connectivity index (χ0v) is 13.5. The molecule has 2 N–H and O–H groups in total. The predicted octanol–water partition coefficient (Wildman–Crippen LogP) is 2.18. The molecule has 0 saturated heterocycles. The molecule has 0 aromatic heterocycles. The van der Waals surface area contributed by atoms with Crippen molar-refractivity contribution in [3.05, 3.63) is 29.8 Å². The van der Waals surface area contributed by atoms with Crippen LogP contribution in [-0.4, -0.2) is 38.9 Å². The van der Waals surface area contributed by atoms with E-state index in [0.29, 0.717) is 25.8 Å². The molecule has 0 bridgehead atoms. The SMILES string of the molecule is CCNC(=NCc1cccc(OCCOC)c1)NC(C)C. The molecule has 0 spiro atoms. The lowest BCUT2D eigenvalue weighted by molar-refractivity contribution is 0.146. The summed E-state index contributed by atoms with van der Waals surface area (Å²) in [6.07, 6.45) is 0. The standard InChI is InChI=1S/C16H27N3O2/c1-5-17-16(19-13(2)3)18-12-14-7-6-8-15(11-14)21-10-9-20-4/h6-8,11,13H,5,9-10,12H2,1-4H3,(H2,17,18,19). The Hall–Kier alpha value is -1.75. The Balaban J connectivity index is 2.61. The fourth-order valence-corrected chi connectivity index (χ4v) is 1.74. The molecule has 0 aliphatic heterocycles. The van der Waals surface area contributed by atoms with Gasteiger partial charge >= 0.3 is 0 Å². The third kappa shape index (κ3) is 7.56. The van der Waals surface area contributed by atoms with E-state index in [-0.39, 0.29) is 0 Å². The van der Waals surface area contributed by atoms with Gasteiger partial charge in [0.05, 0.1) is 13.2 Å². The Morgan fingerprint density at radius 3 is 2.76 bits per heavy atom. The molecule has 0 heterocycles. The van der Waals surface area contributed by atoms with Crippen molar-refractivity contribution >= 4 is 5.96 Å². The zero-order valence-electron chi connectivity index (χ0n) is 13.5. The second-order valence-electron chi connectivity index (χ2n) is 4.98. The van der Waals surface area contributed by atoms with E-state index in [4.69, 9.17) is 9.47 Å². The minimum atomic E-state index is 0.353. The number of ether oxygens (including phenoxy) is 2. The molecule has 1 rings (SSSR count). The summed E-state index contributed by atoms with van der Waals surface area (Å²) in [6.45, 7) is 8.85. The summed E-state index contributed by atoms with van der Waals surface area (Å²) >= 11 is 0. The number of methoxy groups -OCH3 is 1. The molecule has 0 aliphatic rings. The van der Waals surface area contributed by atoms with Gasteiger partial charge in [0.15, 0.2) is 5.96 Å². The summed E-state index contributed by atoms with van der Waals surface area (Å²) in [6, 6.07) is 8.34. The van der Waals surface area contributed by atoms with E-state index in [1.807, 2.05) is 24.3 Å². The fraction of sp³-hybridized carbons (Fsp3) is 0.562. The molecule has 0 unspecified atom stereocenters. The maximum absolute atomic E-state index is 5.60. The number of hydrogen-bond donors (Lipinski definition) is 2. The van der Waals surface area contributed by atoms with Gasteiger partial charge in [-0.2, -0.15) is 0 Å². The van der Waals surface area contributed by atoms with Crippen LogP contribution in [-0.2, 0) is 11.3 Å². The summed E-state index contributed by atoms with van der Waals surface area (Å²) < 4.78 is 10.6. The fourth-order valence-electron chi connectivity index (χ4n) is 1.74. The first-order valence-corrected chi connectivity index (χ1v) is 7.41. The van der Waals surface area contributed by atoms with Gasteiger partial charge in [0.2, 0.25) is 0 Å². The monoisotopic (exact) mass is 293 g/mol. The van der Waals surface area contributed by atoms with Gasteiger partial charge in [-0.15, -0.1) is 0 Å². The average molecular weight is 293 g/mol. The Morgan fingerprint density at radius 2 is 2.10 bits per heavy atom. The average Bonchev–Trinajstić information content (AvgIpc) is 2.45. The Kier molecular flexibility index (Phi) is 8.28. The third-order valence-electron chi connectivity index (χ3n) is 2.64. The summed E-state index contributed by atoms with van der Waals surface area (Å²) in [4.78, 5) is 4.58. The number of hydrogen-bond acceptors (Lipinski definition) is 3.